The summed E-state index contributed by atoms with van der Waals surface area (Å²) in [7, 11) is 0. The summed E-state index contributed by atoms with van der Waals surface area (Å²) < 4.78 is 10.5. The monoisotopic (exact) mass is 286 g/mol. The summed E-state index contributed by atoms with van der Waals surface area (Å²) in [5, 5.41) is 15.3. The Morgan fingerprint density at radius 2 is 2.00 bits per heavy atom. The van der Waals surface area contributed by atoms with Crippen LogP contribution in [0.15, 0.2) is 0 Å². The average molecular weight is 286 g/mol. The lowest BCUT2D eigenvalue weighted by atomic mass is 9.80. The smallest absolute Gasteiger partial charge is 0.311 e. The number of morpholine rings is 1. The van der Waals surface area contributed by atoms with Crippen molar-refractivity contribution >= 4 is 11.9 Å². The molecule has 0 aromatic heterocycles. The number of hydrogen-bond acceptors (Lipinski definition) is 5. The molecule has 2 fully saturated rings. The summed E-state index contributed by atoms with van der Waals surface area (Å²) >= 11 is 0. The first-order chi connectivity index (χ1) is 9.62. The van der Waals surface area contributed by atoms with Gasteiger partial charge in [0.25, 0.3) is 0 Å². The molecular weight excluding hydrogens is 264 g/mol. The first-order valence-electron chi connectivity index (χ1n) is 7.01. The van der Waals surface area contributed by atoms with Gasteiger partial charge >= 0.3 is 5.97 Å². The van der Waals surface area contributed by atoms with Crippen LogP contribution in [0.25, 0.3) is 0 Å². The molecule has 20 heavy (non-hydrogen) atoms. The second kappa shape index (κ2) is 7.01. The predicted molar refractivity (Wildman–Crippen MR) is 70.4 cm³/mol. The second-order valence-corrected chi connectivity index (χ2v) is 5.40. The molecule has 0 bridgehead atoms. The van der Waals surface area contributed by atoms with Crippen molar-refractivity contribution in [3.8, 4) is 0 Å². The zero-order chi connectivity index (χ0) is 14.4. The van der Waals surface area contributed by atoms with E-state index in [1.165, 1.54) is 0 Å². The van der Waals surface area contributed by atoms with Gasteiger partial charge in [-0.05, 0) is 12.8 Å². The number of rotatable bonds is 5. The van der Waals surface area contributed by atoms with Crippen molar-refractivity contribution in [3.63, 3.8) is 0 Å². The Balaban J connectivity index is 1.79. The Hall–Kier alpha value is -1.18. The van der Waals surface area contributed by atoms with Crippen molar-refractivity contribution in [1.29, 1.82) is 0 Å². The van der Waals surface area contributed by atoms with Gasteiger partial charge < -0.3 is 25.2 Å². The molecule has 0 radical (unpaired) electrons. The fraction of sp³-hybridized carbons (Fsp3) is 0.846. The van der Waals surface area contributed by atoms with Crippen LogP contribution < -0.4 is 10.6 Å². The normalized spacial score (nSPS) is 25.9. The minimum absolute atomic E-state index is 0.0132. The molecular formula is C13H22N2O5. The van der Waals surface area contributed by atoms with E-state index in [0.29, 0.717) is 45.7 Å². The van der Waals surface area contributed by atoms with Gasteiger partial charge in [0.05, 0.1) is 18.6 Å². The number of carboxylic acids is 1. The fourth-order valence-electron chi connectivity index (χ4n) is 2.54. The van der Waals surface area contributed by atoms with Gasteiger partial charge in [0.1, 0.15) is 0 Å². The van der Waals surface area contributed by atoms with E-state index in [0.717, 1.165) is 6.54 Å². The lowest BCUT2D eigenvalue weighted by Gasteiger charge is -2.33. The second-order valence-electron chi connectivity index (χ2n) is 5.40. The standard InChI is InChI=1S/C13H22N2O5/c16-11(7-10-8-20-6-3-14-10)15-9-13(12(17)18)1-4-19-5-2-13/h10,14H,1-9H2,(H,15,16)(H,17,18). The molecule has 2 saturated heterocycles. The summed E-state index contributed by atoms with van der Waals surface area (Å²) in [6.45, 7) is 2.96. The van der Waals surface area contributed by atoms with Crippen LogP contribution in [-0.2, 0) is 19.1 Å². The fourth-order valence-corrected chi connectivity index (χ4v) is 2.54. The van der Waals surface area contributed by atoms with E-state index in [1.54, 1.807) is 0 Å². The van der Waals surface area contributed by atoms with E-state index in [1.807, 2.05) is 0 Å². The largest absolute Gasteiger partial charge is 0.481 e. The maximum Gasteiger partial charge on any atom is 0.311 e. The molecule has 114 valence electrons. The number of nitrogens with one attached hydrogen (secondary N) is 2. The van der Waals surface area contributed by atoms with E-state index in [4.69, 9.17) is 9.47 Å². The molecule has 2 rings (SSSR count). The molecule has 0 aromatic rings. The minimum Gasteiger partial charge on any atom is -0.481 e. The highest BCUT2D eigenvalue weighted by atomic mass is 16.5. The quantitative estimate of drug-likeness (QED) is 0.622. The Kier molecular flexibility index (Phi) is 5.33. The zero-order valence-electron chi connectivity index (χ0n) is 11.5. The van der Waals surface area contributed by atoms with Crippen LogP contribution in [0, 0.1) is 5.41 Å². The lowest BCUT2D eigenvalue weighted by Crippen LogP contribution is -2.49. The van der Waals surface area contributed by atoms with Crippen LogP contribution in [-0.4, -0.2) is 62.5 Å². The summed E-state index contributed by atoms with van der Waals surface area (Å²) in [4.78, 5) is 23.3. The summed E-state index contributed by atoms with van der Waals surface area (Å²) in [6.07, 6.45) is 1.19. The Labute approximate surface area is 118 Å². The third-order valence-corrected chi connectivity index (χ3v) is 3.96. The van der Waals surface area contributed by atoms with Gasteiger partial charge in [0, 0.05) is 38.8 Å². The predicted octanol–water partition coefficient (Wildman–Crippen LogP) is -0.637. The van der Waals surface area contributed by atoms with Crippen LogP contribution >= 0.6 is 0 Å². The molecule has 0 spiro atoms. The zero-order valence-corrected chi connectivity index (χ0v) is 11.5. The van der Waals surface area contributed by atoms with Gasteiger partial charge in [0.15, 0.2) is 0 Å². The van der Waals surface area contributed by atoms with Crippen LogP contribution in [0.3, 0.4) is 0 Å². The Bertz CT molecular complexity index is 349. The molecule has 1 unspecified atom stereocenters. The van der Waals surface area contributed by atoms with Crippen molar-refractivity contribution in [3.05, 3.63) is 0 Å². The van der Waals surface area contributed by atoms with Crippen molar-refractivity contribution in [2.45, 2.75) is 25.3 Å². The highest BCUT2D eigenvalue weighted by Crippen LogP contribution is 2.30. The van der Waals surface area contributed by atoms with Gasteiger partial charge in [0.2, 0.25) is 5.91 Å². The van der Waals surface area contributed by atoms with E-state index >= 15 is 0 Å². The van der Waals surface area contributed by atoms with Crippen molar-refractivity contribution in [1.82, 2.24) is 10.6 Å². The van der Waals surface area contributed by atoms with Gasteiger partial charge in [-0.3, -0.25) is 9.59 Å². The molecule has 7 heteroatoms. The Morgan fingerprint density at radius 1 is 1.25 bits per heavy atom. The number of amides is 1. The van der Waals surface area contributed by atoms with Crippen molar-refractivity contribution in [2.75, 3.05) is 39.5 Å². The number of ether oxygens (including phenoxy) is 2. The summed E-state index contributed by atoms with van der Waals surface area (Å²) in [5.41, 5.74) is -0.885. The first kappa shape index (κ1) is 15.2. The topological polar surface area (TPSA) is 96.9 Å². The van der Waals surface area contributed by atoms with Crippen LogP contribution in [0.5, 0.6) is 0 Å². The molecule has 3 N–H and O–H groups in total. The molecule has 2 aliphatic heterocycles. The molecule has 2 heterocycles. The molecule has 1 amide bonds. The number of aliphatic carboxylic acids is 1. The number of hydrogen-bond donors (Lipinski definition) is 3. The van der Waals surface area contributed by atoms with Gasteiger partial charge in [-0.15, -0.1) is 0 Å². The highest BCUT2D eigenvalue weighted by Gasteiger charge is 2.40. The van der Waals surface area contributed by atoms with E-state index in [-0.39, 0.29) is 18.5 Å². The van der Waals surface area contributed by atoms with E-state index in [9.17, 15) is 14.7 Å². The average Bonchev–Trinajstić information content (AvgIpc) is 2.47. The molecule has 1 atom stereocenters. The van der Waals surface area contributed by atoms with Crippen molar-refractivity contribution < 1.29 is 24.2 Å². The van der Waals surface area contributed by atoms with Gasteiger partial charge in [-0.2, -0.15) is 0 Å². The number of carbonyl (C=O) groups is 2. The van der Waals surface area contributed by atoms with Gasteiger partial charge in [-0.25, -0.2) is 0 Å². The Morgan fingerprint density at radius 3 is 2.60 bits per heavy atom. The number of carbonyl (C=O) groups excluding carboxylic acids is 1. The summed E-state index contributed by atoms with van der Waals surface area (Å²) in [6, 6.07) is 0.0132. The lowest BCUT2D eigenvalue weighted by molar-refractivity contribution is -0.154. The molecule has 0 aliphatic carbocycles. The third kappa shape index (κ3) is 3.91. The maximum atomic E-state index is 11.9. The molecule has 7 nitrogen and oxygen atoms in total. The summed E-state index contributed by atoms with van der Waals surface area (Å²) in [5.74, 6) is -1.000. The SMILES string of the molecule is O=C(CC1COCCN1)NCC1(C(=O)O)CCOCC1. The molecule has 2 aliphatic rings. The molecule has 0 aromatic carbocycles. The maximum absolute atomic E-state index is 11.9. The minimum atomic E-state index is -0.885. The number of carboxylic acid groups (broad SMARTS) is 1. The van der Waals surface area contributed by atoms with Gasteiger partial charge in [-0.1, -0.05) is 0 Å². The van der Waals surface area contributed by atoms with E-state index in [2.05, 4.69) is 10.6 Å². The highest BCUT2D eigenvalue weighted by molar-refractivity contribution is 5.79. The van der Waals surface area contributed by atoms with E-state index < -0.39 is 11.4 Å². The first-order valence-corrected chi connectivity index (χ1v) is 7.01. The van der Waals surface area contributed by atoms with Crippen LogP contribution in [0.1, 0.15) is 19.3 Å². The van der Waals surface area contributed by atoms with Crippen LogP contribution in [0.4, 0.5) is 0 Å². The van der Waals surface area contributed by atoms with Crippen molar-refractivity contribution in [2.24, 2.45) is 5.41 Å². The molecule has 0 saturated carbocycles. The van der Waals surface area contributed by atoms with Crippen LogP contribution in [0.2, 0.25) is 0 Å². The third-order valence-electron chi connectivity index (χ3n) is 3.96.